The van der Waals surface area contributed by atoms with Crippen LogP contribution < -0.4 is 10.2 Å². The van der Waals surface area contributed by atoms with Crippen LogP contribution >= 0.6 is 0 Å². The van der Waals surface area contributed by atoms with Gasteiger partial charge in [0.2, 0.25) is 11.9 Å². The quantitative estimate of drug-likeness (QED) is 0.906. The highest BCUT2D eigenvalue weighted by Gasteiger charge is 2.19. The Bertz CT molecular complexity index is 674. The molecule has 1 aromatic heterocycles. The maximum atomic E-state index is 13.1. The molecule has 2 aromatic rings. The predicted molar refractivity (Wildman–Crippen MR) is 90.3 cm³/mol. The zero-order chi connectivity index (χ0) is 16.8. The van der Waals surface area contributed by atoms with Crippen molar-refractivity contribution in [3.8, 4) is 0 Å². The van der Waals surface area contributed by atoms with E-state index in [1.807, 2.05) is 0 Å². The number of anilines is 2. The molecule has 0 bridgehead atoms. The van der Waals surface area contributed by atoms with E-state index < -0.39 is 0 Å². The van der Waals surface area contributed by atoms with Crippen molar-refractivity contribution in [1.29, 1.82) is 0 Å². The van der Waals surface area contributed by atoms with Crippen LogP contribution in [0.15, 0.2) is 42.7 Å². The van der Waals surface area contributed by atoms with Gasteiger partial charge in [0.1, 0.15) is 5.82 Å². The van der Waals surface area contributed by atoms with Crippen LogP contribution in [0.1, 0.15) is 6.42 Å². The number of piperazine rings is 1. The molecule has 6 nitrogen and oxygen atoms in total. The highest BCUT2D eigenvalue weighted by atomic mass is 19.1. The van der Waals surface area contributed by atoms with Crippen molar-refractivity contribution in [2.45, 2.75) is 6.42 Å². The normalized spacial score (nSPS) is 15.3. The molecule has 24 heavy (non-hydrogen) atoms. The topological polar surface area (TPSA) is 61.4 Å². The maximum absolute atomic E-state index is 13.1. The van der Waals surface area contributed by atoms with Crippen LogP contribution in [0.2, 0.25) is 0 Å². The summed E-state index contributed by atoms with van der Waals surface area (Å²) in [6, 6.07) is 7.73. The van der Waals surface area contributed by atoms with Gasteiger partial charge in [-0.05, 0) is 24.3 Å². The summed E-state index contributed by atoms with van der Waals surface area (Å²) in [7, 11) is 0. The van der Waals surface area contributed by atoms with Gasteiger partial charge in [0.15, 0.2) is 0 Å². The van der Waals surface area contributed by atoms with E-state index in [1.165, 1.54) is 12.1 Å². The van der Waals surface area contributed by atoms with Gasteiger partial charge >= 0.3 is 0 Å². The van der Waals surface area contributed by atoms with Crippen molar-refractivity contribution in [2.75, 3.05) is 42.9 Å². The number of aromatic nitrogens is 2. The average molecular weight is 329 g/mol. The van der Waals surface area contributed by atoms with Crippen LogP contribution in [0.3, 0.4) is 0 Å². The van der Waals surface area contributed by atoms with Gasteiger partial charge in [-0.25, -0.2) is 14.4 Å². The van der Waals surface area contributed by atoms with Crippen LogP contribution in [0, 0.1) is 5.82 Å². The number of halogens is 1. The number of nitrogens with one attached hydrogen (secondary N) is 1. The highest BCUT2D eigenvalue weighted by molar-refractivity contribution is 5.90. The van der Waals surface area contributed by atoms with E-state index in [2.05, 4.69) is 25.1 Å². The first-order valence-electron chi connectivity index (χ1n) is 8.00. The summed E-state index contributed by atoms with van der Waals surface area (Å²) in [5.41, 5.74) is 0.492. The standard InChI is InChI=1S/C17H20FN5O/c18-14-3-1-4-15(13-14)21-16(24)5-8-22-9-11-23(12-10-22)17-19-6-2-7-20-17/h1-4,6-7,13H,5,8-12H2,(H,21,24). The molecular formula is C17H20FN5O. The van der Waals surface area contributed by atoms with E-state index in [0.29, 0.717) is 18.7 Å². The monoisotopic (exact) mass is 329 g/mol. The molecule has 1 aromatic carbocycles. The Hall–Kier alpha value is -2.54. The van der Waals surface area contributed by atoms with Gasteiger partial charge in [-0.1, -0.05) is 6.07 Å². The van der Waals surface area contributed by atoms with Crippen LogP contribution in [0.5, 0.6) is 0 Å². The minimum absolute atomic E-state index is 0.102. The highest BCUT2D eigenvalue weighted by Crippen LogP contribution is 2.11. The molecule has 1 N–H and O–H groups in total. The molecule has 0 unspecified atom stereocenters. The Balaban J connectivity index is 1.41. The van der Waals surface area contributed by atoms with Crippen molar-refractivity contribution >= 4 is 17.5 Å². The smallest absolute Gasteiger partial charge is 0.225 e. The van der Waals surface area contributed by atoms with Gasteiger partial charge in [-0.15, -0.1) is 0 Å². The summed E-state index contributed by atoms with van der Waals surface area (Å²) in [6.07, 6.45) is 3.87. The fourth-order valence-electron chi connectivity index (χ4n) is 2.68. The summed E-state index contributed by atoms with van der Waals surface area (Å²) in [4.78, 5) is 24.9. The maximum Gasteiger partial charge on any atom is 0.225 e. The molecule has 126 valence electrons. The van der Waals surface area contributed by atoms with Crippen molar-refractivity contribution in [3.63, 3.8) is 0 Å². The Labute approximate surface area is 140 Å². The lowest BCUT2D eigenvalue weighted by Gasteiger charge is -2.34. The molecule has 3 rings (SSSR count). The summed E-state index contributed by atoms with van der Waals surface area (Å²) in [6.45, 7) is 4.10. The summed E-state index contributed by atoms with van der Waals surface area (Å²) in [5.74, 6) is 0.294. The van der Waals surface area contributed by atoms with Gasteiger partial charge in [0.05, 0.1) is 0 Å². The van der Waals surface area contributed by atoms with E-state index >= 15 is 0 Å². The van der Waals surface area contributed by atoms with E-state index in [9.17, 15) is 9.18 Å². The molecule has 1 fully saturated rings. The molecule has 1 amide bonds. The molecular weight excluding hydrogens is 309 g/mol. The van der Waals surface area contributed by atoms with E-state index in [4.69, 9.17) is 0 Å². The molecule has 1 aliphatic rings. The Morgan fingerprint density at radius 1 is 1.12 bits per heavy atom. The molecule has 0 saturated carbocycles. The first-order chi connectivity index (χ1) is 11.7. The minimum atomic E-state index is -0.355. The zero-order valence-electron chi connectivity index (χ0n) is 13.4. The Kier molecular flexibility index (Phi) is 5.32. The largest absolute Gasteiger partial charge is 0.338 e. The average Bonchev–Trinajstić information content (AvgIpc) is 2.61. The molecule has 2 heterocycles. The van der Waals surface area contributed by atoms with Crippen molar-refractivity contribution < 1.29 is 9.18 Å². The zero-order valence-corrected chi connectivity index (χ0v) is 13.4. The van der Waals surface area contributed by atoms with Crippen molar-refractivity contribution in [2.24, 2.45) is 0 Å². The number of hydrogen-bond acceptors (Lipinski definition) is 5. The number of carbonyl (C=O) groups excluding carboxylic acids is 1. The Morgan fingerprint density at radius 2 is 1.88 bits per heavy atom. The van der Waals surface area contributed by atoms with Crippen LogP contribution in [-0.2, 0) is 4.79 Å². The Morgan fingerprint density at radius 3 is 2.58 bits per heavy atom. The molecule has 1 aliphatic heterocycles. The third kappa shape index (κ3) is 4.48. The fourth-order valence-corrected chi connectivity index (χ4v) is 2.68. The predicted octanol–water partition coefficient (Wildman–Crippen LogP) is 1.77. The van der Waals surface area contributed by atoms with E-state index in [-0.39, 0.29) is 11.7 Å². The lowest BCUT2D eigenvalue weighted by Crippen LogP contribution is -2.47. The first-order valence-corrected chi connectivity index (χ1v) is 8.00. The number of benzene rings is 1. The minimum Gasteiger partial charge on any atom is -0.338 e. The van der Waals surface area contributed by atoms with Gasteiger partial charge in [-0.2, -0.15) is 0 Å². The van der Waals surface area contributed by atoms with Gasteiger partial charge in [-0.3, -0.25) is 9.69 Å². The van der Waals surface area contributed by atoms with Crippen molar-refractivity contribution in [1.82, 2.24) is 14.9 Å². The second-order valence-electron chi connectivity index (χ2n) is 5.69. The van der Waals surface area contributed by atoms with Crippen LogP contribution in [0.4, 0.5) is 16.0 Å². The number of carbonyl (C=O) groups is 1. The fraction of sp³-hybridized carbons (Fsp3) is 0.353. The van der Waals surface area contributed by atoms with Crippen molar-refractivity contribution in [3.05, 3.63) is 48.5 Å². The van der Waals surface area contributed by atoms with E-state index in [1.54, 1.807) is 30.6 Å². The molecule has 0 aliphatic carbocycles. The summed E-state index contributed by atoms with van der Waals surface area (Å²) >= 11 is 0. The van der Waals surface area contributed by atoms with Crippen LogP contribution in [0.25, 0.3) is 0 Å². The van der Waals surface area contributed by atoms with E-state index in [0.717, 1.165) is 32.1 Å². The third-order valence-electron chi connectivity index (χ3n) is 3.97. The van der Waals surface area contributed by atoms with Gasteiger partial charge in [0.25, 0.3) is 0 Å². The van der Waals surface area contributed by atoms with Gasteiger partial charge in [0, 0.05) is 57.2 Å². The molecule has 7 heteroatoms. The number of amides is 1. The summed E-state index contributed by atoms with van der Waals surface area (Å²) < 4.78 is 13.1. The summed E-state index contributed by atoms with van der Waals surface area (Å²) in [5, 5.41) is 2.72. The number of nitrogens with zero attached hydrogens (tertiary/aromatic N) is 4. The second-order valence-corrected chi connectivity index (χ2v) is 5.69. The van der Waals surface area contributed by atoms with Crippen LogP contribution in [-0.4, -0.2) is 53.5 Å². The lowest BCUT2D eigenvalue weighted by atomic mass is 10.2. The molecule has 0 atom stereocenters. The third-order valence-corrected chi connectivity index (χ3v) is 3.97. The number of hydrogen-bond donors (Lipinski definition) is 1. The molecule has 0 radical (unpaired) electrons. The number of rotatable bonds is 5. The molecule has 1 saturated heterocycles. The lowest BCUT2D eigenvalue weighted by molar-refractivity contribution is -0.116. The first kappa shape index (κ1) is 16.3. The second kappa shape index (κ2) is 7.83. The SMILES string of the molecule is O=C(CCN1CCN(c2ncccn2)CC1)Nc1cccc(F)c1. The van der Waals surface area contributed by atoms with Gasteiger partial charge < -0.3 is 10.2 Å². The molecule has 0 spiro atoms.